The number of carbonyl (C=O) groups excluding carboxylic acids is 1. The fourth-order valence-electron chi connectivity index (χ4n) is 1.84. The van der Waals surface area contributed by atoms with Gasteiger partial charge in [-0.25, -0.2) is 0 Å². The molecule has 0 spiro atoms. The van der Waals surface area contributed by atoms with Crippen LogP contribution in [-0.2, 0) is 4.79 Å². The SMILES string of the molecule is Cc1ccc(OCCC(=O)NC(C)C(C)CO)c(C)c1. The summed E-state index contributed by atoms with van der Waals surface area (Å²) < 4.78 is 5.62. The van der Waals surface area contributed by atoms with Crippen molar-refractivity contribution in [1.29, 1.82) is 0 Å². The number of rotatable bonds is 7. The van der Waals surface area contributed by atoms with Crippen LogP contribution in [0.1, 0.15) is 31.4 Å². The number of nitrogens with one attached hydrogen (secondary N) is 1. The second-order valence-electron chi connectivity index (χ2n) is 5.38. The minimum Gasteiger partial charge on any atom is -0.493 e. The van der Waals surface area contributed by atoms with Crippen molar-refractivity contribution in [2.75, 3.05) is 13.2 Å². The molecule has 0 bridgehead atoms. The minimum absolute atomic E-state index is 0.0337. The number of aliphatic hydroxyl groups is 1. The summed E-state index contributed by atoms with van der Waals surface area (Å²) in [6.07, 6.45) is 0.315. The zero-order chi connectivity index (χ0) is 15.1. The molecule has 112 valence electrons. The highest BCUT2D eigenvalue weighted by atomic mass is 16.5. The van der Waals surface area contributed by atoms with E-state index in [4.69, 9.17) is 9.84 Å². The van der Waals surface area contributed by atoms with Gasteiger partial charge in [0.2, 0.25) is 5.91 Å². The van der Waals surface area contributed by atoms with Crippen molar-refractivity contribution in [3.8, 4) is 5.75 Å². The van der Waals surface area contributed by atoms with Crippen LogP contribution >= 0.6 is 0 Å². The smallest absolute Gasteiger partial charge is 0.223 e. The van der Waals surface area contributed by atoms with Crippen LogP contribution in [-0.4, -0.2) is 30.3 Å². The molecule has 2 unspecified atom stereocenters. The molecule has 0 fully saturated rings. The zero-order valence-corrected chi connectivity index (χ0v) is 12.8. The van der Waals surface area contributed by atoms with Crippen molar-refractivity contribution in [3.63, 3.8) is 0 Å². The molecule has 1 amide bonds. The van der Waals surface area contributed by atoms with Crippen LogP contribution in [0.5, 0.6) is 5.75 Å². The highest BCUT2D eigenvalue weighted by molar-refractivity contribution is 5.76. The number of hydrogen-bond donors (Lipinski definition) is 2. The lowest BCUT2D eigenvalue weighted by Crippen LogP contribution is -2.38. The van der Waals surface area contributed by atoms with E-state index >= 15 is 0 Å². The van der Waals surface area contributed by atoms with Crippen molar-refractivity contribution in [3.05, 3.63) is 29.3 Å². The van der Waals surface area contributed by atoms with E-state index in [1.54, 1.807) is 0 Å². The molecule has 4 heteroatoms. The number of benzene rings is 1. The summed E-state index contributed by atoms with van der Waals surface area (Å²) in [5.41, 5.74) is 2.27. The van der Waals surface area contributed by atoms with E-state index in [1.165, 1.54) is 5.56 Å². The van der Waals surface area contributed by atoms with Gasteiger partial charge in [0.05, 0.1) is 13.0 Å². The second kappa shape index (κ2) is 7.90. The molecule has 1 aromatic rings. The van der Waals surface area contributed by atoms with Crippen molar-refractivity contribution in [1.82, 2.24) is 5.32 Å². The Bertz CT molecular complexity index is 445. The van der Waals surface area contributed by atoms with Crippen LogP contribution in [0.2, 0.25) is 0 Å². The van der Waals surface area contributed by atoms with Gasteiger partial charge in [-0.05, 0) is 38.3 Å². The number of carbonyl (C=O) groups is 1. The van der Waals surface area contributed by atoms with E-state index in [9.17, 15) is 4.79 Å². The zero-order valence-electron chi connectivity index (χ0n) is 12.8. The Hall–Kier alpha value is -1.55. The molecule has 2 N–H and O–H groups in total. The third kappa shape index (κ3) is 5.21. The molecule has 1 aromatic carbocycles. The van der Waals surface area contributed by atoms with Crippen molar-refractivity contribution in [2.24, 2.45) is 5.92 Å². The number of amides is 1. The second-order valence-corrected chi connectivity index (χ2v) is 5.38. The molecule has 0 aromatic heterocycles. The largest absolute Gasteiger partial charge is 0.493 e. The molecule has 4 nitrogen and oxygen atoms in total. The van der Waals surface area contributed by atoms with Crippen LogP contribution < -0.4 is 10.1 Å². The molecular weight excluding hydrogens is 254 g/mol. The highest BCUT2D eigenvalue weighted by Gasteiger charge is 2.13. The van der Waals surface area contributed by atoms with Gasteiger partial charge in [-0.1, -0.05) is 24.6 Å². The standard InChI is InChI=1S/C16H25NO3/c1-11-5-6-15(12(2)9-11)20-8-7-16(19)17-14(4)13(3)10-18/h5-6,9,13-14,18H,7-8,10H2,1-4H3,(H,17,19). The molecule has 0 saturated heterocycles. The Morgan fingerprint density at radius 1 is 1.35 bits per heavy atom. The predicted octanol–water partition coefficient (Wildman–Crippen LogP) is 2.21. The summed E-state index contributed by atoms with van der Waals surface area (Å²) in [4.78, 5) is 11.7. The van der Waals surface area contributed by atoms with Gasteiger partial charge in [0, 0.05) is 12.6 Å². The summed E-state index contributed by atoms with van der Waals surface area (Å²) in [6.45, 7) is 8.25. The molecular formula is C16H25NO3. The van der Waals surface area contributed by atoms with E-state index in [-0.39, 0.29) is 24.5 Å². The van der Waals surface area contributed by atoms with Gasteiger partial charge in [0.1, 0.15) is 5.75 Å². The molecule has 2 atom stereocenters. The number of aliphatic hydroxyl groups excluding tert-OH is 1. The van der Waals surface area contributed by atoms with Crippen LogP contribution in [0.3, 0.4) is 0 Å². The third-order valence-electron chi connectivity index (χ3n) is 3.45. The third-order valence-corrected chi connectivity index (χ3v) is 3.45. The Morgan fingerprint density at radius 2 is 2.05 bits per heavy atom. The maximum atomic E-state index is 11.7. The van der Waals surface area contributed by atoms with Gasteiger partial charge in [-0.2, -0.15) is 0 Å². The Morgan fingerprint density at radius 3 is 2.65 bits per heavy atom. The highest BCUT2D eigenvalue weighted by Crippen LogP contribution is 2.18. The summed E-state index contributed by atoms with van der Waals surface area (Å²) in [5, 5.41) is 11.9. The maximum Gasteiger partial charge on any atom is 0.223 e. The molecule has 20 heavy (non-hydrogen) atoms. The van der Waals surface area contributed by atoms with Crippen molar-refractivity contribution in [2.45, 2.75) is 40.2 Å². The minimum atomic E-state index is -0.0532. The first-order valence-electron chi connectivity index (χ1n) is 7.04. The summed E-state index contributed by atoms with van der Waals surface area (Å²) in [7, 11) is 0. The lowest BCUT2D eigenvalue weighted by molar-refractivity contribution is -0.122. The van der Waals surface area contributed by atoms with Gasteiger partial charge >= 0.3 is 0 Å². The number of aryl methyl sites for hydroxylation is 2. The summed E-state index contributed by atoms with van der Waals surface area (Å²) in [6, 6.07) is 5.95. The van der Waals surface area contributed by atoms with Crippen molar-refractivity contribution >= 4 is 5.91 Å². The lowest BCUT2D eigenvalue weighted by Gasteiger charge is -2.19. The lowest BCUT2D eigenvalue weighted by atomic mass is 10.1. The van der Waals surface area contributed by atoms with E-state index in [0.29, 0.717) is 13.0 Å². The molecule has 0 aliphatic rings. The van der Waals surface area contributed by atoms with E-state index in [1.807, 2.05) is 39.8 Å². The van der Waals surface area contributed by atoms with E-state index in [2.05, 4.69) is 11.4 Å². The topological polar surface area (TPSA) is 58.6 Å². The quantitative estimate of drug-likeness (QED) is 0.804. The Labute approximate surface area is 121 Å². The van der Waals surface area contributed by atoms with Gasteiger partial charge in [0.15, 0.2) is 0 Å². The summed E-state index contributed by atoms with van der Waals surface area (Å²) >= 11 is 0. The average molecular weight is 279 g/mol. The monoisotopic (exact) mass is 279 g/mol. The van der Waals surface area contributed by atoms with Crippen molar-refractivity contribution < 1.29 is 14.6 Å². The van der Waals surface area contributed by atoms with E-state index < -0.39 is 0 Å². The predicted molar refractivity (Wildman–Crippen MR) is 79.9 cm³/mol. The summed E-state index contributed by atoms with van der Waals surface area (Å²) in [5.74, 6) is 0.821. The molecule has 0 saturated carbocycles. The van der Waals surface area contributed by atoms with E-state index in [0.717, 1.165) is 11.3 Å². The van der Waals surface area contributed by atoms with Gasteiger partial charge in [-0.3, -0.25) is 4.79 Å². The molecule has 0 radical (unpaired) electrons. The van der Waals surface area contributed by atoms with Gasteiger partial charge in [0.25, 0.3) is 0 Å². The van der Waals surface area contributed by atoms with Gasteiger partial charge < -0.3 is 15.2 Å². The molecule has 0 heterocycles. The Balaban J connectivity index is 2.35. The Kier molecular flexibility index (Phi) is 6.52. The molecule has 0 aliphatic carbocycles. The molecule has 1 rings (SSSR count). The molecule has 0 aliphatic heterocycles. The van der Waals surface area contributed by atoms with Crippen LogP contribution in [0.15, 0.2) is 18.2 Å². The van der Waals surface area contributed by atoms with Gasteiger partial charge in [-0.15, -0.1) is 0 Å². The fraction of sp³-hybridized carbons (Fsp3) is 0.562. The van der Waals surface area contributed by atoms with Crippen LogP contribution in [0.4, 0.5) is 0 Å². The van der Waals surface area contributed by atoms with Crippen LogP contribution in [0, 0.1) is 19.8 Å². The average Bonchev–Trinajstić information content (AvgIpc) is 2.40. The normalized spacial score (nSPS) is 13.7. The first-order chi connectivity index (χ1) is 9.43. The first-order valence-corrected chi connectivity index (χ1v) is 7.04. The fourth-order valence-corrected chi connectivity index (χ4v) is 1.84. The first kappa shape index (κ1) is 16.5. The van der Waals surface area contributed by atoms with Crippen LogP contribution in [0.25, 0.3) is 0 Å². The number of hydrogen-bond acceptors (Lipinski definition) is 3. The number of ether oxygens (including phenoxy) is 1. The maximum absolute atomic E-state index is 11.7.